The third kappa shape index (κ3) is 7.20. The molecule has 0 saturated carbocycles. The molecule has 0 aliphatic heterocycles. The van der Waals surface area contributed by atoms with E-state index in [1.54, 1.807) is 34.6 Å². The van der Waals surface area contributed by atoms with Crippen LogP contribution in [0.3, 0.4) is 0 Å². The van der Waals surface area contributed by atoms with Gasteiger partial charge in [-0.3, -0.25) is 9.59 Å². The van der Waals surface area contributed by atoms with Gasteiger partial charge in [-0.05, 0) is 48.7 Å². The zero-order valence-electron chi connectivity index (χ0n) is 20.5. The van der Waals surface area contributed by atoms with Crippen LogP contribution in [0.2, 0.25) is 0 Å². The summed E-state index contributed by atoms with van der Waals surface area (Å²) in [5.74, 6) is -2.53. The lowest BCUT2D eigenvalue weighted by molar-refractivity contribution is -0.156. The third-order valence-corrected chi connectivity index (χ3v) is 5.90. The monoisotopic (exact) mass is 555 g/mol. The van der Waals surface area contributed by atoms with Crippen molar-refractivity contribution in [2.45, 2.75) is 70.9 Å². The molecule has 0 unspecified atom stereocenters. The first-order chi connectivity index (χ1) is 16.1. The standard InChI is InChI=1S/C24H30BrNO9/c1-23(2,3)35-18(31)11-24(4,5)20-19-13(26-12(22(32)33-6)7-8-16(28)29)9-17(30)34-15(19)10-14(27)21(20)25/h9-10,12,26-27H,7-8,11H2,1-6H3,(H,28,29)/t12-/m1/s1. The molecule has 11 heteroatoms. The molecule has 0 spiro atoms. The maximum Gasteiger partial charge on any atom is 0.338 e. The number of hydrogen-bond donors (Lipinski definition) is 3. The van der Waals surface area contributed by atoms with Crippen LogP contribution in [0.15, 0.2) is 25.8 Å². The van der Waals surface area contributed by atoms with Crippen molar-refractivity contribution in [1.82, 2.24) is 0 Å². The van der Waals surface area contributed by atoms with Gasteiger partial charge < -0.3 is 29.4 Å². The highest BCUT2D eigenvalue weighted by atomic mass is 79.9. The van der Waals surface area contributed by atoms with E-state index in [1.807, 2.05) is 0 Å². The van der Waals surface area contributed by atoms with E-state index >= 15 is 0 Å². The number of carboxylic acids is 1. The van der Waals surface area contributed by atoms with Gasteiger partial charge in [0.05, 0.1) is 23.7 Å². The smallest absolute Gasteiger partial charge is 0.338 e. The normalized spacial score (nSPS) is 12.8. The van der Waals surface area contributed by atoms with E-state index < -0.39 is 40.6 Å². The molecule has 2 aromatic rings. The molecule has 0 fully saturated rings. The zero-order valence-corrected chi connectivity index (χ0v) is 22.1. The van der Waals surface area contributed by atoms with Crippen molar-refractivity contribution in [1.29, 1.82) is 0 Å². The number of aliphatic carboxylic acids is 1. The topological polar surface area (TPSA) is 152 Å². The van der Waals surface area contributed by atoms with E-state index in [-0.39, 0.29) is 40.8 Å². The highest BCUT2D eigenvalue weighted by Gasteiger charge is 2.34. The Morgan fingerprint density at radius 2 is 1.80 bits per heavy atom. The molecule has 1 aromatic carbocycles. The summed E-state index contributed by atoms with van der Waals surface area (Å²) in [5, 5.41) is 22.8. The molecule has 35 heavy (non-hydrogen) atoms. The maximum atomic E-state index is 12.7. The van der Waals surface area contributed by atoms with Crippen LogP contribution in [-0.2, 0) is 29.3 Å². The SMILES string of the molecule is COC(=O)[C@@H](CCC(=O)O)Nc1cc(=O)oc2cc(O)c(Br)c(C(C)(C)CC(=O)OC(C)(C)C)c12. The Labute approximate surface area is 210 Å². The molecule has 0 saturated heterocycles. The van der Waals surface area contributed by atoms with E-state index in [1.165, 1.54) is 13.2 Å². The van der Waals surface area contributed by atoms with Crippen LogP contribution in [0.25, 0.3) is 11.0 Å². The van der Waals surface area contributed by atoms with Gasteiger partial charge in [0.1, 0.15) is 23.0 Å². The number of anilines is 1. The van der Waals surface area contributed by atoms with Crippen molar-refractivity contribution < 1.29 is 38.5 Å². The lowest BCUT2D eigenvalue weighted by Crippen LogP contribution is -2.32. The summed E-state index contributed by atoms with van der Waals surface area (Å²) in [6.07, 6.45) is -0.521. The number of methoxy groups -OCH3 is 1. The number of nitrogens with one attached hydrogen (secondary N) is 1. The van der Waals surface area contributed by atoms with Crippen LogP contribution >= 0.6 is 15.9 Å². The minimum Gasteiger partial charge on any atom is -0.507 e. The van der Waals surface area contributed by atoms with Crippen molar-refractivity contribution in [3.8, 4) is 5.75 Å². The predicted octanol–water partition coefficient (Wildman–Crippen LogP) is 4.09. The molecule has 0 aliphatic carbocycles. The van der Waals surface area contributed by atoms with Gasteiger partial charge in [0.15, 0.2) is 0 Å². The van der Waals surface area contributed by atoms with E-state index in [0.717, 1.165) is 6.07 Å². The molecular weight excluding hydrogens is 526 g/mol. The number of fused-ring (bicyclic) bond motifs is 1. The average Bonchev–Trinajstić information content (AvgIpc) is 2.69. The van der Waals surface area contributed by atoms with Gasteiger partial charge in [-0.2, -0.15) is 0 Å². The number of carbonyl (C=O) groups is 3. The Bertz CT molecular complexity index is 1190. The number of phenols is 1. The van der Waals surface area contributed by atoms with Crippen LogP contribution < -0.4 is 10.9 Å². The number of esters is 2. The Morgan fingerprint density at radius 1 is 1.17 bits per heavy atom. The van der Waals surface area contributed by atoms with Crippen molar-refractivity contribution in [3.05, 3.63) is 32.6 Å². The van der Waals surface area contributed by atoms with Gasteiger partial charge in [-0.25, -0.2) is 9.59 Å². The third-order valence-electron chi connectivity index (χ3n) is 5.10. The summed E-state index contributed by atoms with van der Waals surface area (Å²) in [5.41, 5.74) is -1.83. The molecule has 1 aromatic heterocycles. The number of ether oxygens (including phenoxy) is 2. The highest BCUT2D eigenvalue weighted by molar-refractivity contribution is 9.10. The van der Waals surface area contributed by atoms with Gasteiger partial charge in [0, 0.05) is 29.4 Å². The molecule has 1 heterocycles. The number of carboxylic acid groups (broad SMARTS) is 1. The number of benzene rings is 1. The lowest BCUT2D eigenvalue weighted by Gasteiger charge is -2.30. The fraction of sp³-hybridized carbons (Fsp3) is 0.500. The molecular formula is C24H30BrNO9. The van der Waals surface area contributed by atoms with Crippen molar-refractivity contribution in [2.24, 2.45) is 0 Å². The van der Waals surface area contributed by atoms with Gasteiger partial charge in [0.25, 0.3) is 0 Å². The van der Waals surface area contributed by atoms with Crippen LogP contribution in [0.1, 0.15) is 59.4 Å². The summed E-state index contributed by atoms with van der Waals surface area (Å²) in [4.78, 5) is 48.4. The van der Waals surface area contributed by atoms with Crippen LogP contribution in [0.4, 0.5) is 5.69 Å². The van der Waals surface area contributed by atoms with Gasteiger partial charge in [0.2, 0.25) is 0 Å². The lowest BCUT2D eigenvalue weighted by atomic mass is 9.79. The van der Waals surface area contributed by atoms with Gasteiger partial charge >= 0.3 is 23.5 Å². The van der Waals surface area contributed by atoms with E-state index in [2.05, 4.69) is 21.2 Å². The zero-order chi connectivity index (χ0) is 26.7. The second kappa shape index (κ2) is 10.7. The summed E-state index contributed by atoms with van der Waals surface area (Å²) in [6, 6.07) is 1.27. The number of rotatable bonds is 9. The second-order valence-corrected chi connectivity index (χ2v) is 10.5. The summed E-state index contributed by atoms with van der Waals surface area (Å²) in [6.45, 7) is 8.76. The summed E-state index contributed by atoms with van der Waals surface area (Å²) in [7, 11) is 1.17. The van der Waals surface area contributed by atoms with E-state index in [0.29, 0.717) is 10.9 Å². The van der Waals surface area contributed by atoms with Crippen molar-refractivity contribution in [3.63, 3.8) is 0 Å². The Balaban J connectivity index is 2.71. The summed E-state index contributed by atoms with van der Waals surface area (Å²) < 4.78 is 15.8. The van der Waals surface area contributed by atoms with Crippen LogP contribution in [0, 0.1) is 0 Å². The fourth-order valence-electron chi connectivity index (χ4n) is 3.72. The molecule has 2 rings (SSSR count). The quantitative estimate of drug-likeness (QED) is 0.304. The van der Waals surface area contributed by atoms with Crippen molar-refractivity contribution >= 4 is 50.5 Å². The molecule has 0 bridgehead atoms. The van der Waals surface area contributed by atoms with E-state index in [4.69, 9.17) is 19.0 Å². The van der Waals surface area contributed by atoms with E-state index in [9.17, 15) is 24.3 Å². The number of carbonyl (C=O) groups excluding carboxylic acids is 2. The number of hydrogen-bond acceptors (Lipinski definition) is 9. The maximum absolute atomic E-state index is 12.7. The first-order valence-corrected chi connectivity index (χ1v) is 11.6. The molecule has 0 amide bonds. The first kappa shape index (κ1) is 28.2. The Morgan fingerprint density at radius 3 is 2.34 bits per heavy atom. The predicted molar refractivity (Wildman–Crippen MR) is 132 cm³/mol. The van der Waals surface area contributed by atoms with Crippen LogP contribution in [0.5, 0.6) is 5.75 Å². The molecule has 10 nitrogen and oxygen atoms in total. The Kier molecular flexibility index (Phi) is 8.59. The summed E-state index contributed by atoms with van der Waals surface area (Å²) >= 11 is 3.38. The van der Waals surface area contributed by atoms with Gasteiger partial charge in [-0.1, -0.05) is 13.8 Å². The molecule has 1 atom stereocenters. The van der Waals surface area contributed by atoms with Gasteiger partial charge in [-0.15, -0.1) is 0 Å². The molecule has 3 N–H and O–H groups in total. The van der Waals surface area contributed by atoms with Crippen molar-refractivity contribution in [2.75, 3.05) is 12.4 Å². The first-order valence-electron chi connectivity index (χ1n) is 10.8. The molecule has 0 aliphatic rings. The minimum atomic E-state index is -1.11. The number of phenolic OH excluding ortho intramolecular Hbond substituents is 1. The van der Waals surface area contributed by atoms with Crippen LogP contribution in [-0.4, -0.2) is 46.9 Å². The minimum absolute atomic E-state index is 0.00909. The second-order valence-electron chi connectivity index (χ2n) is 9.74. The average molecular weight is 556 g/mol. The largest absolute Gasteiger partial charge is 0.507 e. The fourth-order valence-corrected chi connectivity index (χ4v) is 4.57. The highest BCUT2D eigenvalue weighted by Crippen LogP contribution is 2.45. The number of halogens is 1. The number of aromatic hydroxyl groups is 1. The Hall–Kier alpha value is -3.08. The molecule has 192 valence electrons. The molecule has 0 radical (unpaired) electrons.